The van der Waals surface area contributed by atoms with Crippen LogP contribution in [-0.4, -0.2) is 54.8 Å². The summed E-state index contributed by atoms with van der Waals surface area (Å²) < 4.78 is 118. The summed E-state index contributed by atoms with van der Waals surface area (Å²) in [5.41, 5.74) is -3.78. The van der Waals surface area contributed by atoms with Crippen molar-refractivity contribution in [2.45, 2.75) is 63.1 Å². The maximum atomic E-state index is 15.5. The minimum Gasteiger partial charge on any atom is -0.386 e. The summed E-state index contributed by atoms with van der Waals surface area (Å²) in [4.78, 5) is 33.6. The number of anilines is 1. The lowest BCUT2D eigenvalue weighted by Gasteiger charge is -2.25. The van der Waals surface area contributed by atoms with E-state index in [1.165, 1.54) is 55.9 Å². The zero-order valence-corrected chi connectivity index (χ0v) is 32.9. The highest BCUT2D eigenvalue weighted by Crippen LogP contribution is 2.68. The first-order valence-electron chi connectivity index (χ1n) is 18.0. The fourth-order valence-electron chi connectivity index (χ4n) is 7.96. The molecule has 1 amide bonds. The number of rotatable bonds is 11. The van der Waals surface area contributed by atoms with Crippen molar-refractivity contribution in [3.05, 3.63) is 109 Å². The molecule has 8 rings (SSSR count). The molecule has 3 heterocycles. The number of hydrogen-bond donors (Lipinski definition) is 3. The first-order valence-corrected chi connectivity index (χ1v) is 20.2. The van der Waals surface area contributed by atoms with Gasteiger partial charge in [0, 0.05) is 31.0 Å². The minimum absolute atomic E-state index is 0.00285. The lowest BCUT2D eigenvalue weighted by molar-refractivity contribution is -0.123. The summed E-state index contributed by atoms with van der Waals surface area (Å²) in [7, 11) is -2.47. The second-order valence-corrected chi connectivity index (χ2v) is 17.5. The van der Waals surface area contributed by atoms with Gasteiger partial charge in [0.25, 0.3) is 17.9 Å². The second-order valence-electron chi connectivity index (χ2n) is 15.3. The number of nitrogens with zero attached hydrogens (tertiary/aromatic N) is 6. The van der Waals surface area contributed by atoms with Crippen molar-refractivity contribution in [2.75, 3.05) is 11.0 Å². The molecule has 6 aromatic rings. The first-order chi connectivity index (χ1) is 27.5. The third kappa shape index (κ3) is 7.09. The molecule has 3 atom stereocenters. The number of carbonyl (C=O) groups excluding carboxylic acids is 1. The van der Waals surface area contributed by atoms with Crippen molar-refractivity contribution >= 4 is 55.2 Å². The number of hydrogen-bond acceptors (Lipinski definition) is 8. The van der Waals surface area contributed by atoms with Crippen molar-refractivity contribution < 1.29 is 44.7 Å². The van der Waals surface area contributed by atoms with Crippen molar-refractivity contribution in [1.29, 1.82) is 0 Å². The van der Waals surface area contributed by atoms with Crippen LogP contribution in [0.5, 0.6) is 0 Å². The van der Waals surface area contributed by atoms with Gasteiger partial charge in [-0.3, -0.25) is 28.2 Å². The average molecular weight is 863 g/mol. The summed E-state index contributed by atoms with van der Waals surface area (Å²) >= 11 is 6.59. The molecular weight excluding hydrogens is 830 g/mol. The van der Waals surface area contributed by atoms with Gasteiger partial charge >= 0.3 is 0 Å². The molecular formula is C38H33ClF6N8O5S. The Kier molecular flexibility index (Phi) is 9.43. The van der Waals surface area contributed by atoms with Crippen LogP contribution in [0.2, 0.25) is 5.02 Å². The first kappa shape index (κ1) is 40.3. The highest BCUT2D eigenvalue weighted by molar-refractivity contribution is 7.92. The smallest absolute Gasteiger partial charge is 0.293 e. The normalized spacial score (nSPS) is 17.7. The lowest BCUT2D eigenvalue weighted by Crippen LogP contribution is -2.38. The van der Waals surface area contributed by atoms with Crippen LogP contribution in [0, 0.1) is 17.6 Å². The van der Waals surface area contributed by atoms with E-state index in [0.717, 1.165) is 23.0 Å². The monoisotopic (exact) mass is 862 g/mol. The average Bonchev–Trinajstić information content (AvgIpc) is 3.66. The van der Waals surface area contributed by atoms with Crippen LogP contribution < -0.4 is 15.6 Å². The molecule has 0 radical (unpaired) electrons. The molecule has 1 fully saturated rings. The lowest BCUT2D eigenvalue weighted by atomic mass is 9.97. The molecule has 0 unspecified atom stereocenters. The molecule has 3 aromatic carbocycles. The Morgan fingerprint density at radius 2 is 1.78 bits per heavy atom. The number of amides is 1. The van der Waals surface area contributed by atoms with Gasteiger partial charge in [-0.2, -0.15) is 19.0 Å². The van der Waals surface area contributed by atoms with Crippen LogP contribution in [0.15, 0.2) is 53.3 Å². The zero-order chi connectivity index (χ0) is 42.7. The van der Waals surface area contributed by atoms with Crippen molar-refractivity contribution in [2.24, 2.45) is 13.0 Å². The van der Waals surface area contributed by atoms with Crippen molar-refractivity contribution in [3.63, 3.8) is 0 Å². The largest absolute Gasteiger partial charge is 0.386 e. The molecule has 310 valence electrons. The van der Waals surface area contributed by atoms with Gasteiger partial charge in [-0.15, -0.1) is 0 Å². The fourth-order valence-corrected chi connectivity index (χ4v) is 8.70. The third-order valence-corrected chi connectivity index (χ3v) is 11.4. The number of aryl methyl sites for hydroxylation is 1. The molecule has 21 heteroatoms. The molecule has 0 saturated heterocycles. The van der Waals surface area contributed by atoms with Gasteiger partial charge in [0.05, 0.1) is 50.4 Å². The Morgan fingerprint density at radius 3 is 2.42 bits per heavy atom. The van der Waals surface area contributed by atoms with E-state index in [1.54, 1.807) is 0 Å². The van der Waals surface area contributed by atoms with Crippen LogP contribution in [0.4, 0.5) is 32.2 Å². The van der Waals surface area contributed by atoms with Crippen LogP contribution in [0.3, 0.4) is 0 Å². The van der Waals surface area contributed by atoms with E-state index in [4.69, 9.17) is 16.6 Å². The van der Waals surface area contributed by atoms with E-state index in [1.807, 2.05) is 0 Å². The zero-order valence-electron chi connectivity index (χ0n) is 31.4. The summed E-state index contributed by atoms with van der Waals surface area (Å²) in [5.74, 6) is -9.13. The molecule has 3 aromatic heterocycles. The summed E-state index contributed by atoms with van der Waals surface area (Å²) in [6, 6.07) is 8.08. The number of aliphatic hydroxyl groups is 1. The van der Waals surface area contributed by atoms with Gasteiger partial charge in [-0.1, -0.05) is 17.7 Å². The molecule has 3 N–H and O–H groups in total. The molecule has 0 aliphatic heterocycles. The van der Waals surface area contributed by atoms with Crippen LogP contribution >= 0.6 is 11.6 Å². The Balaban J connectivity index is 1.35. The van der Waals surface area contributed by atoms with Gasteiger partial charge < -0.3 is 10.4 Å². The Bertz CT molecular complexity index is 2910. The molecule has 0 spiro atoms. The number of carbonyl (C=O) groups is 1. The number of halogens is 7. The van der Waals surface area contributed by atoms with E-state index >= 15 is 8.78 Å². The minimum atomic E-state index is -3.91. The molecule has 1 saturated carbocycles. The van der Waals surface area contributed by atoms with Gasteiger partial charge in [0.2, 0.25) is 15.9 Å². The van der Waals surface area contributed by atoms with Crippen LogP contribution in [0.1, 0.15) is 72.6 Å². The van der Waals surface area contributed by atoms with Crippen LogP contribution in [-0.2, 0) is 46.4 Å². The summed E-state index contributed by atoms with van der Waals surface area (Å²) in [5, 5.41) is 21.5. The molecule has 2 aliphatic carbocycles. The van der Waals surface area contributed by atoms with Crippen molar-refractivity contribution in [1.82, 2.24) is 34.4 Å². The molecule has 2 aliphatic rings. The maximum absolute atomic E-state index is 15.5. The van der Waals surface area contributed by atoms with Gasteiger partial charge in [0.1, 0.15) is 35.4 Å². The van der Waals surface area contributed by atoms with E-state index in [-0.39, 0.29) is 61.7 Å². The van der Waals surface area contributed by atoms with E-state index in [2.05, 4.69) is 20.2 Å². The predicted molar refractivity (Wildman–Crippen MR) is 203 cm³/mol. The SMILES string of the molecule is Cn1nc(NS(C)(=O)=O)c2c(Cl)ccc(-n3c([C@H](Cc4cc(F)cc(F)c4)NC(=O)Cn4nc(C(F)F)c5c4C(F)(F)[C@@H]4C[C@H]54)nc4cc(C(C)(C)O)ccc4c3=O)c21. The fraction of sp³-hybridized carbons (Fsp3) is 0.342. The van der Waals surface area contributed by atoms with Crippen LogP contribution in [0.25, 0.3) is 27.5 Å². The highest BCUT2D eigenvalue weighted by atomic mass is 35.5. The standard InChI is InChI=1S/C38H33ClF6N8O5S/c1-37(2,56)17-5-6-20-24(12-17)47-35(53(36(20)55)26-8-7-23(39)29-31(26)51(3)49-34(29)50-59(4,57)58)25(11-16-9-18(40)13-19(41)10-16)46-27(54)15-52-32-28(30(48-52)33(42)43)21-14-22(21)38(32,44)45/h5-10,12-13,21-22,25,33,56H,11,14-15H2,1-4H3,(H,46,54)(H,49,50)/t21-,22+,25-/m0/s1. The Labute approximate surface area is 335 Å². The summed E-state index contributed by atoms with van der Waals surface area (Å²) in [6.07, 6.45) is -2.81. The van der Waals surface area contributed by atoms with Crippen molar-refractivity contribution in [3.8, 4) is 5.69 Å². The van der Waals surface area contributed by atoms with E-state index in [0.29, 0.717) is 16.3 Å². The predicted octanol–water partition coefficient (Wildman–Crippen LogP) is 6.25. The van der Waals surface area contributed by atoms with Gasteiger partial charge in [-0.25, -0.2) is 31.0 Å². The topological polar surface area (TPSA) is 166 Å². The van der Waals surface area contributed by atoms with Gasteiger partial charge in [-0.05, 0) is 73.7 Å². The van der Waals surface area contributed by atoms with Gasteiger partial charge in [0.15, 0.2) is 5.82 Å². The third-order valence-electron chi connectivity index (χ3n) is 10.5. The quantitative estimate of drug-likeness (QED) is 0.129. The highest BCUT2D eigenvalue weighted by Gasteiger charge is 2.67. The Morgan fingerprint density at radius 1 is 1.08 bits per heavy atom. The number of sulfonamides is 1. The number of aromatic nitrogens is 6. The number of alkyl halides is 4. The maximum Gasteiger partial charge on any atom is 0.293 e. The van der Waals surface area contributed by atoms with E-state index < -0.39 is 93.3 Å². The number of nitrogens with one attached hydrogen (secondary N) is 2. The number of benzene rings is 3. The Hall–Kier alpha value is -5.47. The second kappa shape index (κ2) is 13.8. The number of fused-ring (bicyclic) bond motifs is 5. The molecule has 59 heavy (non-hydrogen) atoms. The summed E-state index contributed by atoms with van der Waals surface area (Å²) in [6.45, 7) is 1.99. The molecule has 13 nitrogen and oxygen atoms in total. The van der Waals surface area contributed by atoms with E-state index in [9.17, 15) is 40.7 Å². The molecule has 0 bridgehead atoms.